The molecule has 1 aliphatic rings. The standard InChI is InChI=1S/C12H19N3O/c1-15(2)11-4-3-9(7-14-11)12(8-13)5-10(16)6-12/h3-4,7,10,16H,5-6,8,13H2,1-2H3. The van der Waals surface area contributed by atoms with Crippen LogP contribution in [0.15, 0.2) is 18.3 Å². The van der Waals surface area contributed by atoms with E-state index in [1.807, 2.05) is 31.3 Å². The minimum atomic E-state index is -0.197. The van der Waals surface area contributed by atoms with Crippen molar-refractivity contribution in [3.8, 4) is 0 Å². The third-order valence-electron chi connectivity index (χ3n) is 3.46. The number of pyridine rings is 1. The molecule has 0 amide bonds. The van der Waals surface area contributed by atoms with Crippen molar-refractivity contribution in [3.05, 3.63) is 23.9 Å². The number of rotatable bonds is 3. The van der Waals surface area contributed by atoms with Crippen molar-refractivity contribution in [2.45, 2.75) is 24.4 Å². The number of aliphatic hydroxyl groups is 1. The van der Waals surface area contributed by atoms with E-state index in [1.54, 1.807) is 0 Å². The van der Waals surface area contributed by atoms with Crippen LogP contribution in [0.5, 0.6) is 0 Å². The van der Waals surface area contributed by atoms with E-state index >= 15 is 0 Å². The molecular weight excluding hydrogens is 202 g/mol. The van der Waals surface area contributed by atoms with Crippen LogP contribution < -0.4 is 10.6 Å². The van der Waals surface area contributed by atoms with Crippen molar-refractivity contribution in [2.75, 3.05) is 25.5 Å². The molecule has 1 saturated carbocycles. The molecule has 4 nitrogen and oxygen atoms in total. The van der Waals surface area contributed by atoms with Gasteiger partial charge in [0, 0.05) is 32.3 Å². The summed E-state index contributed by atoms with van der Waals surface area (Å²) in [6.07, 6.45) is 3.20. The molecule has 3 N–H and O–H groups in total. The van der Waals surface area contributed by atoms with Gasteiger partial charge >= 0.3 is 0 Å². The second kappa shape index (κ2) is 4.03. The zero-order valence-electron chi connectivity index (χ0n) is 9.85. The van der Waals surface area contributed by atoms with E-state index in [9.17, 15) is 5.11 Å². The van der Waals surface area contributed by atoms with Gasteiger partial charge in [-0.3, -0.25) is 0 Å². The molecule has 0 atom stereocenters. The highest BCUT2D eigenvalue weighted by Crippen LogP contribution is 2.42. The molecule has 4 heteroatoms. The summed E-state index contributed by atoms with van der Waals surface area (Å²) in [7, 11) is 3.93. The monoisotopic (exact) mass is 221 g/mol. The molecule has 1 fully saturated rings. The number of hydrogen-bond acceptors (Lipinski definition) is 4. The quantitative estimate of drug-likeness (QED) is 0.780. The lowest BCUT2D eigenvalue weighted by Gasteiger charge is -2.45. The van der Waals surface area contributed by atoms with Crippen LogP contribution in [0.3, 0.4) is 0 Å². The largest absolute Gasteiger partial charge is 0.393 e. The Labute approximate surface area is 96.1 Å². The summed E-state index contributed by atoms with van der Waals surface area (Å²) in [4.78, 5) is 6.35. The lowest BCUT2D eigenvalue weighted by Crippen LogP contribution is -2.49. The fourth-order valence-corrected chi connectivity index (χ4v) is 2.33. The first-order valence-electron chi connectivity index (χ1n) is 5.59. The van der Waals surface area contributed by atoms with Gasteiger partial charge in [-0.25, -0.2) is 4.98 Å². The molecule has 1 aromatic rings. The van der Waals surface area contributed by atoms with E-state index in [4.69, 9.17) is 5.73 Å². The maximum Gasteiger partial charge on any atom is 0.127 e. The van der Waals surface area contributed by atoms with Crippen LogP contribution in [0, 0.1) is 0 Å². The van der Waals surface area contributed by atoms with Crippen LogP contribution in [-0.2, 0) is 5.41 Å². The number of anilines is 1. The van der Waals surface area contributed by atoms with Gasteiger partial charge in [0.05, 0.1) is 6.10 Å². The SMILES string of the molecule is CN(C)c1ccc(C2(CN)CC(O)C2)cn1. The number of nitrogens with two attached hydrogens (primary N) is 1. The first-order chi connectivity index (χ1) is 7.57. The summed E-state index contributed by atoms with van der Waals surface area (Å²) in [5.74, 6) is 0.941. The minimum Gasteiger partial charge on any atom is -0.393 e. The molecule has 1 heterocycles. The summed E-state index contributed by atoms with van der Waals surface area (Å²) in [6.45, 7) is 0.576. The first kappa shape index (κ1) is 11.4. The molecule has 1 aromatic heterocycles. The lowest BCUT2D eigenvalue weighted by molar-refractivity contribution is 0.0220. The Morgan fingerprint density at radius 1 is 1.50 bits per heavy atom. The van der Waals surface area contributed by atoms with Crippen LogP contribution in [0.4, 0.5) is 5.82 Å². The molecule has 88 valence electrons. The summed E-state index contributed by atoms with van der Waals surface area (Å²) in [5.41, 5.74) is 6.91. The van der Waals surface area contributed by atoms with E-state index in [0.717, 1.165) is 24.2 Å². The molecular formula is C12H19N3O. The van der Waals surface area contributed by atoms with Crippen LogP contribution in [0.1, 0.15) is 18.4 Å². The van der Waals surface area contributed by atoms with Crippen LogP contribution in [0.25, 0.3) is 0 Å². The van der Waals surface area contributed by atoms with Crippen molar-refractivity contribution >= 4 is 5.82 Å². The van der Waals surface area contributed by atoms with Crippen molar-refractivity contribution in [1.29, 1.82) is 0 Å². The van der Waals surface area contributed by atoms with Crippen molar-refractivity contribution in [3.63, 3.8) is 0 Å². The zero-order valence-corrected chi connectivity index (χ0v) is 9.85. The average molecular weight is 221 g/mol. The molecule has 16 heavy (non-hydrogen) atoms. The Balaban J connectivity index is 2.21. The van der Waals surface area contributed by atoms with Gasteiger partial charge in [0.15, 0.2) is 0 Å². The fourth-order valence-electron chi connectivity index (χ4n) is 2.33. The third kappa shape index (κ3) is 1.79. The molecule has 0 unspecified atom stereocenters. The average Bonchev–Trinajstić information content (AvgIpc) is 2.24. The number of hydrogen-bond donors (Lipinski definition) is 2. The Hall–Kier alpha value is -1.13. The highest BCUT2D eigenvalue weighted by molar-refractivity contribution is 5.40. The van der Waals surface area contributed by atoms with E-state index < -0.39 is 0 Å². The number of nitrogens with zero attached hydrogens (tertiary/aromatic N) is 2. The van der Waals surface area contributed by atoms with E-state index in [-0.39, 0.29) is 11.5 Å². The van der Waals surface area contributed by atoms with Gasteiger partial charge in [0.25, 0.3) is 0 Å². The molecule has 0 aliphatic heterocycles. The Morgan fingerprint density at radius 3 is 2.56 bits per heavy atom. The zero-order chi connectivity index (χ0) is 11.8. The summed E-state index contributed by atoms with van der Waals surface area (Å²) in [6, 6.07) is 4.07. The van der Waals surface area contributed by atoms with Crippen LogP contribution in [0.2, 0.25) is 0 Å². The lowest BCUT2D eigenvalue weighted by atomic mass is 9.63. The number of aliphatic hydroxyl groups excluding tert-OH is 1. The smallest absolute Gasteiger partial charge is 0.127 e. The second-order valence-corrected chi connectivity index (χ2v) is 4.85. The molecule has 0 bridgehead atoms. The van der Waals surface area contributed by atoms with Crippen LogP contribution >= 0.6 is 0 Å². The van der Waals surface area contributed by atoms with Gasteiger partial charge in [0.1, 0.15) is 5.82 Å². The first-order valence-corrected chi connectivity index (χ1v) is 5.59. The van der Waals surface area contributed by atoms with Crippen molar-refractivity contribution in [1.82, 2.24) is 4.98 Å². The van der Waals surface area contributed by atoms with Gasteiger partial charge in [-0.15, -0.1) is 0 Å². The normalized spacial score (nSPS) is 28.6. The maximum absolute atomic E-state index is 9.43. The highest BCUT2D eigenvalue weighted by Gasteiger charge is 2.43. The maximum atomic E-state index is 9.43. The Bertz CT molecular complexity index is 355. The summed E-state index contributed by atoms with van der Waals surface area (Å²) >= 11 is 0. The van der Waals surface area contributed by atoms with E-state index in [0.29, 0.717) is 6.54 Å². The third-order valence-corrected chi connectivity index (χ3v) is 3.46. The Kier molecular flexibility index (Phi) is 2.86. The fraction of sp³-hybridized carbons (Fsp3) is 0.583. The van der Waals surface area contributed by atoms with Gasteiger partial charge in [-0.05, 0) is 24.5 Å². The van der Waals surface area contributed by atoms with Gasteiger partial charge in [-0.1, -0.05) is 6.07 Å². The second-order valence-electron chi connectivity index (χ2n) is 4.85. The Morgan fingerprint density at radius 2 is 2.19 bits per heavy atom. The topological polar surface area (TPSA) is 62.4 Å². The predicted octanol–water partition coefficient (Wildman–Crippen LogP) is 0.499. The molecule has 0 radical (unpaired) electrons. The van der Waals surface area contributed by atoms with Crippen molar-refractivity contribution in [2.24, 2.45) is 5.73 Å². The van der Waals surface area contributed by atoms with E-state index in [2.05, 4.69) is 11.1 Å². The van der Waals surface area contributed by atoms with Gasteiger partial charge < -0.3 is 15.7 Å². The highest BCUT2D eigenvalue weighted by atomic mass is 16.3. The summed E-state index contributed by atoms with van der Waals surface area (Å²) < 4.78 is 0. The van der Waals surface area contributed by atoms with Gasteiger partial charge in [0.2, 0.25) is 0 Å². The van der Waals surface area contributed by atoms with Crippen molar-refractivity contribution < 1.29 is 5.11 Å². The van der Waals surface area contributed by atoms with E-state index in [1.165, 1.54) is 0 Å². The predicted molar refractivity (Wildman–Crippen MR) is 64.5 cm³/mol. The number of aromatic nitrogens is 1. The molecule has 1 aliphatic carbocycles. The summed E-state index contributed by atoms with van der Waals surface area (Å²) in [5, 5.41) is 9.43. The molecule has 0 aromatic carbocycles. The molecule has 0 spiro atoms. The molecule has 2 rings (SSSR count). The minimum absolute atomic E-state index is 0.0444. The van der Waals surface area contributed by atoms with Crippen LogP contribution in [-0.4, -0.2) is 36.8 Å². The van der Waals surface area contributed by atoms with Gasteiger partial charge in [-0.2, -0.15) is 0 Å². The molecule has 0 saturated heterocycles.